The Hall–Kier alpha value is -1.19. The molecule has 0 amide bonds. The number of aryl methyl sites for hydroxylation is 2. The summed E-state index contributed by atoms with van der Waals surface area (Å²) in [4.78, 5) is 5.65. The lowest BCUT2D eigenvalue weighted by Gasteiger charge is -2.13. The SMILES string of the molecule is CCCc1ccc(C(C)NCc2ncc(C)s2)cc1. The fraction of sp³-hybridized carbons (Fsp3) is 0.438. The smallest absolute Gasteiger partial charge is 0.107 e. The molecular weight excluding hydrogens is 252 g/mol. The van der Waals surface area contributed by atoms with Gasteiger partial charge in [-0.15, -0.1) is 11.3 Å². The molecule has 3 heteroatoms. The van der Waals surface area contributed by atoms with Crippen molar-refractivity contribution in [3.63, 3.8) is 0 Å². The van der Waals surface area contributed by atoms with Gasteiger partial charge in [-0.25, -0.2) is 4.98 Å². The largest absolute Gasteiger partial charge is 0.304 e. The zero-order chi connectivity index (χ0) is 13.7. The minimum Gasteiger partial charge on any atom is -0.304 e. The quantitative estimate of drug-likeness (QED) is 0.851. The van der Waals surface area contributed by atoms with Crippen LogP contribution in [0.25, 0.3) is 0 Å². The summed E-state index contributed by atoms with van der Waals surface area (Å²) in [5, 5.41) is 4.69. The summed E-state index contributed by atoms with van der Waals surface area (Å²) < 4.78 is 0. The third kappa shape index (κ3) is 4.15. The maximum Gasteiger partial charge on any atom is 0.107 e. The molecule has 0 fully saturated rings. The van der Waals surface area contributed by atoms with Gasteiger partial charge in [-0.05, 0) is 31.4 Å². The summed E-state index contributed by atoms with van der Waals surface area (Å²) in [6, 6.07) is 9.31. The van der Waals surface area contributed by atoms with Gasteiger partial charge >= 0.3 is 0 Å². The highest BCUT2D eigenvalue weighted by atomic mass is 32.1. The maximum atomic E-state index is 4.38. The topological polar surface area (TPSA) is 24.9 Å². The van der Waals surface area contributed by atoms with Crippen LogP contribution in [0.15, 0.2) is 30.5 Å². The predicted molar refractivity (Wildman–Crippen MR) is 82.5 cm³/mol. The summed E-state index contributed by atoms with van der Waals surface area (Å²) in [7, 11) is 0. The standard InChI is InChI=1S/C16H22N2S/c1-4-5-14-6-8-15(9-7-14)13(3)17-11-16-18-10-12(2)19-16/h6-10,13,17H,4-5,11H2,1-3H3. The van der Waals surface area contributed by atoms with Gasteiger partial charge in [0.15, 0.2) is 0 Å². The van der Waals surface area contributed by atoms with E-state index in [0.717, 1.165) is 11.6 Å². The molecule has 1 atom stereocenters. The van der Waals surface area contributed by atoms with Crippen LogP contribution in [0.3, 0.4) is 0 Å². The Morgan fingerprint density at radius 1 is 1.26 bits per heavy atom. The van der Waals surface area contributed by atoms with Crippen LogP contribution in [0.5, 0.6) is 0 Å². The van der Waals surface area contributed by atoms with Crippen molar-refractivity contribution in [1.29, 1.82) is 0 Å². The number of thiazole rings is 1. The van der Waals surface area contributed by atoms with Crippen molar-refractivity contribution < 1.29 is 0 Å². The summed E-state index contributed by atoms with van der Waals surface area (Å²) >= 11 is 1.76. The molecule has 0 aliphatic carbocycles. The number of benzene rings is 1. The maximum absolute atomic E-state index is 4.38. The molecule has 1 heterocycles. The van der Waals surface area contributed by atoms with Gasteiger partial charge < -0.3 is 5.32 Å². The molecule has 2 aromatic rings. The van der Waals surface area contributed by atoms with Gasteiger partial charge in [0.2, 0.25) is 0 Å². The zero-order valence-electron chi connectivity index (χ0n) is 11.9. The van der Waals surface area contributed by atoms with E-state index in [4.69, 9.17) is 0 Å². The lowest BCUT2D eigenvalue weighted by Crippen LogP contribution is -2.17. The van der Waals surface area contributed by atoms with Gasteiger partial charge in [-0.1, -0.05) is 37.6 Å². The van der Waals surface area contributed by atoms with Crippen molar-refractivity contribution in [2.45, 2.75) is 46.2 Å². The van der Waals surface area contributed by atoms with Crippen molar-refractivity contribution in [2.75, 3.05) is 0 Å². The molecule has 0 saturated heterocycles. The molecule has 1 aromatic heterocycles. The van der Waals surface area contributed by atoms with E-state index in [1.165, 1.54) is 28.8 Å². The number of nitrogens with one attached hydrogen (secondary N) is 1. The lowest BCUT2D eigenvalue weighted by molar-refractivity contribution is 0.573. The van der Waals surface area contributed by atoms with Crippen LogP contribution < -0.4 is 5.32 Å². The van der Waals surface area contributed by atoms with Crippen LogP contribution in [0, 0.1) is 6.92 Å². The Balaban J connectivity index is 1.90. The number of aromatic nitrogens is 1. The Labute approximate surface area is 119 Å². The number of hydrogen-bond donors (Lipinski definition) is 1. The van der Waals surface area contributed by atoms with E-state index >= 15 is 0 Å². The molecular formula is C16H22N2S. The van der Waals surface area contributed by atoms with Crippen LogP contribution >= 0.6 is 11.3 Å². The van der Waals surface area contributed by atoms with E-state index in [9.17, 15) is 0 Å². The van der Waals surface area contributed by atoms with E-state index in [1.54, 1.807) is 11.3 Å². The highest BCUT2D eigenvalue weighted by Crippen LogP contribution is 2.16. The van der Waals surface area contributed by atoms with Gasteiger partial charge in [0.05, 0.1) is 0 Å². The average molecular weight is 274 g/mol. The van der Waals surface area contributed by atoms with Crippen LogP contribution in [0.1, 0.15) is 47.3 Å². The summed E-state index contributed by atoms with van der Waals surface area (Å²) in [6.07, 6.45) is 4.31. The molecule has 19 heavy (non-hydrogen) atoms. The fourth-order valence-electron chi connectivity index (χ4n) is 2.10. The molecule has 1 unspecified atom stereocenters. The van der Waals surface area contributed by atoms with Crippen molar-refractivity contribution in [2.24, 2.45) is 0 Å². The molecule has 2 rings (SSSR count). The van der Waals surface area contributed by atoms with Gasteiger partial charge in [0.25, 0.3) is 0 Å². The van der Waals surface area contributed by atoms with Gasteiger partial charge in [-0.2, -0.15) is 0 Å². The highest BCUT2D eigenvalue weighted by molar-refractivity contribution is 7.11. The number of nitrogens with zero attached hydrogens (tertiary/aromatic N) is 1. The first-order valence-corrected chi connectivity index (χ1v) is 7.74. The van der Waals surface area contributed by atoms with Crippen molar-refractivity contribution in [1.82, 2.24) is 10.3 Å². The first kappa shape index (κ1) is 14.2. The summed E-state index contributed by atoms with van der Waals surface area (Å²) in [6.45, 7) is 7.36. The second-order valence-electron chi connectivity index (χ2n) is 4.96. The van der Waals surface area contributed by atoms with Crippen LogP contribution in [-0.2, 0) is 13.0 Å². The Kier molecular flexibility index (Phi) is 5.11. The van der Waals surface area contributed by atoms with E-state index in [1.807, 2.05) is 6.20 Å². The fourth-order valence-corrected chi connectivity index (χ4v) is 2.84. The minimum absolute atomic E-state index is 0.361. The summed E-state index contributed by atoms with van der Waals surface area (Å²) in [5.74, 6) is 0. The van der Waals surface area contributed by atoms with Crippen molar-refractivity contribution in [3.05, 3.63) is 51.5 Å². The van der Waals surface area contributed by atoms with E-state index in [2.05, 4.69) is 55.3 Å². The normalized spacial score (nSPS) is 12.6. The van der Waals surface area contributed by atoms with E-state index in [0.29, 0.717) is 6.04 Å². The third-order valence-corrected chi connectivity index (χ3v) is 4.16. The third-order valence-electron chi connectivity index (χ3n) is 3.25. The molecule has 102 valence electrons. The number of hydrogen-bond acceptors (Lipinski definition) is 3. The summed E-state index contributed by atoms with van der Waals surface area (Å²) in [5.41, 5.74) is 2.77. The first-order chi connectivity index (χ1) is 9.19. The molecule has 1 aromatic carbocycles. The Morgan fingerprint density at radius 2 is 2.00 bits per heavy atom. The monoisotopic (exact) mass is 274 g/mol. The number of rotatable bonds is 6. The minimum atomic E-state index is 0.361. The molecule has 0 saturated carbocycles. The second-order valence-corrected chi connectivity index (χ2v) is 6.28. The first-order valence-electron chi connectivity index (χ1n) is 6.92. The molecule has 0 spiro atoms. The van der Waals surface area contributed by atoms with Gasteiger partial charge in [0.1, 0.15) is 5.01 Å². The van der Waals surface area contributed by atoms with Gasteiger partial charge in [0, 0.05) is 23.7 Å². The lowest BCUT2D eigenvalue weighted by atomic mass is 10.0. The zero-order valence-corrected chi connectivity index (χ0v) is 12.8. The second kappa shape index (κ2) is 6.83. The van der Waals surface area contributed by atoms with E-state index in [-0.39, 0.29) is 0 Å². The molecule has 0 aliphatic rings. The molecule has 0 aliphatic heterocycles. The molecule has 2 nitrogen and oxygen atoms in total. The molecule has 1 N–H and O–H groups in total. The van der Waals surface area contributed by atoms with Crippen molar-refractivity contribution in [3.8, 4) is 0 Å². The average Bonchev–Trinajstić information content (AvgIpc) is 2.83. The van der Waals surface area contributed by atoms with Crippen LogP contribution in [0.4, 0.5) is 0 Å². The van der Waals surface area contributed by atoms with Crippen LogP contribution in [0.2, 0.25) is 0 Å². The van der Waals surface area contributed by atoms with Crippen LogP contribution in [-0.4, -0.2) is 4.98 Å². The predicted octanol–water partition coefficient (Wildman–Crippen LogP) is 4.25. The van der Waals surface area contributed by atoms with Gasteiger partial charge in [-0.3, -0.25) is 0 Å². The Morgan fingerprint density at radius 3 is 2.58 bits per heavy atom. The Bertz CT molecular complexity index is 502. The molecule has 0 radical (unpaired) electrons. The van der Waals surface area contributed by atoms with E-state index < -0.39 is 0 Å². The highest BCUT2D eigenvalue weighted by Gasteiger charge is 2.06. The van der Waals surface area contributed by atoms with Crippen molar-refractivity contribution >= 4 is 11.3 Å². The molecule has 0 bridgehead atoms.